The van der Waals surface area contributed by atoms with E-state index in [2.05, 4.69) is 121 Å². The molecule has 0 radical (unpaired) electrons. The molecular formula is C25H18BrCl2NSZr-2. The molecule has 1 aliphatic rings. The molecule has 0 saturated heterocycles. The van der Waals surface area contributed by atoms with Gasteiger partial charge >= 0.3 is 31.5 Å². The van der Waals surface area contributed by atoms with Crippen molar-refractivity contribution in [2.24, 2.45) is 7.05 Å². The Morgan fingerprint density at radius 2 is 1.68 bits per heavy atom. The predicted octanol–water partition coefficient (Wildman–Crippen LogP) is 1.52. The number of aryl methyl sites for hydroxylation is 1. The van der Waals surface area contributed by atoms with Crippen LogP contribution >= 0.6 is 24.8 Å². The number of nitrogens with zero attached hydrogens (tertiary/aromatic N) is 1. The summed E-state index contributed by atoms with van der Waals surface area (Å²) in [6.07, 6.45) is 0.981. The van der Waals surface area contributed by atoms with Crippen LogP contribution in [0, 0.1) is 6.07 Å². The molecule has 0 aliphatic heterocycles. The summed E-state index contributed by atoms with van der Waals surface area (Å²) >= 11 is 4.64. The maximum Gasteiger partial charge on any atom is -0.0809 e. The molecule has 0 unspecified atom stereocenters. The first kappa shape index (κ1) is 26.2. The van der Waals surface area contributed by atoms with Gasteiger partial charge in [-0.05, 0) is 23.4 Å². The van der Waals surface area contributed by atoms with E-state index in [9.17, 15) is 0 Å². The van der Waals surface area contributed by atoms with Gasteiger partial charge in [-0.3, -0.25) is 0 Å². The van der Waals surface area contributed by atoms with Crippen LogP contribution in [-0.4, -0.2) is 4.57 Å². The second kappa shape index (κ2) is 11.7. The van der Waals surface area contributed by atoms with Crippen LogP contribution in [0.5, 0.6) is 0 Å². The Morgan fingerprint density at radius 1 is 0.968 bits per heavy atom. The van der Waals surface area contributed by atoms with Gasteiger partial charge in [-0.1, -0.05) is 44.7 Å². The molecule has 6 rings (SSSR count). The van der Waals surface area contributed by atoms with Crippen LogP contribution in [-0.2, 0) is 36.1 Å². The van der Waals surface area contributed by atoms with Gasteiger partial charge in [0.1, 0.15) is 0 Å². The minimum absolute atomic E-state index is 0. The first-order chi connectivity index (χ1) is 14.2. The fourth-order valence-electron chi connectivity index (χ4n) is 4.07. The summed E-state index contributed by atoms with van der Waals surface area (Å²) in [6, 6.07) is 31.0. The molecule has 156 valence electrons. The summed E-state index contributed by atoms with van der Waals surface area (Å²) < 4.78 is 3.35. The molecule has 1 aliphatic carbocycles. The fraction of sp³-hybridized carbons (Fsp3) is 0.0800. The van der Waals surface area contributed by atoms with Crippen LogP contribution < -0.4 is 24.8 Å². The van der Waals surface area contributed by atoms with Crippen LogP contribution in [0.25, 0.3) is 32.8 Å². The first-order valence-corrected chi connectivity index (χ1v) is 13.5. The summed E-state index contributed by atoms with van der Waals surface area (Å²) in [6.45, 7) is 0. The Kier molecular flexibility index (Phi) is 9.92. The number of benzene rings is 3. The van der Waals surface area contributed by atoms with Gasteiger partial charge in [0.2, 0.25) is 0 Å². The fourth-order valence-corrected chi connectivity index (χ4v) is 4.45. The van der Waals surface area contributed by atoms with E-state index in [0.717, 1.165) is 33.6 Å². The molecule has 0 fully saturated rings. The number of fused-ring (bicyclic) bond motifs is 6. The largest absolute Gasteiger partial charge is 0.168 e. The minimum Gasteiger partial charge on any atom is -0.168 e. The predicted molar refractivity (Wildman–Crippen MR) is 125 cm³/mol. The van der Waals surface area contributed by atoms with Crippen molar-refractivity contribution < 1.29 is 47.5 Å². The Bertz CT molecular complexity index is 1280. The minimum atomic E-state index is 0. The number of hydrogen-bond acceptors (Lipinski definition) is 1. The zero-order valence-electron chi connectivity index (χ0n) is 16.7. The van der Waals surface area contributed by atoms with Gasteiger partial charge in [-0.15, -0.1) is 40.8 Å². The van der Waals surface area contributed by atoms with E-state index in [1.165, 1.54) is 44.1 Å². The van der Waals surface area contributed by atoms with Crippen LogP contribution in [0.15, 0.2) is 83.3 Å². The van der Waals surface area contributed by atoms with Gasteiger partial charge in [-0.2, -0.15) is 35.7 Å². The zero-order valence-corrected chi connectivity index (χ0v) is 23.1. The Hall–Kier alpha value is -1.03. The van der Waals surface area contributed by atoms with Crippen molar-refractivity contribution in [2.45, 2.75) is 6.42 Å². The molecule has 0 N–H and O–H groups in total. The molecule has 0 spiro atoms. The molecule has 6 heteroatoms. The molecule has 0 bridgehead atoms. The van der Waals surface area contributed by atoms with Crippen molar-refractivity contribution in [2.75, 3.05) is 0 Å². The maximum absolute atomic E-state index is 4.17. The van der Waals surface area contributed by atoms with Gasteiger partial charge in [0, 0.05) is 18.3 Å². The average Bonchev–Trinajstić information content (AvgIpc) is 3.45. The van der Waals surface area contributed by atoms with Crippen molar-refractivity contribution in [1.82, 2.24) is 4.57 Å². The van der Waals surface area contributed by atoms with Gasteiger partial charge in [0.15, 0.2) is 0 Å². The normalized spacial score (nSPS) is 10.6. The van der Waals surface area contributed by atoms with E-state index >= 15 is 0 Å². The van der Waals surface area contributed by atoms with E-state index in [-0.39, 0.29) is 24.8 Å². The molecule has 1 heterocycles. The Morgan fingerprint density at radius 3 is 2.45 bits per heavy atom. The molecule has 4 aromatic carbocycles. The first-order valence-electron chi connectivity index (χ1n) is 9.30. The summed E-state index contributed by atoms with van der Waals surface area (Å²) in [5.74, 6) is 0. The van der Waals surface area contributed by atoms with E-state index in [0.29, 0.717) is 0 Å². The SMILES string of the molecule is Cn1c2c(c3ccccc31)-c1ccc(Br)[c-]c1C2.[Cl-].[Cl-].[S]=[Zr+2].c1ccc2[cH-]ccc2c1. The van der Waals surface area contributed by atoms with Crippen LogP contribution in [0.2, 0.25) is 0 Å². The number of aromatic nitrogens is 1. The standard InChI is InChI=1S/C16H11BrN.C9H7.2ClH.S.Zr/c1-18-14-5-3-2-4-13(14)16-12-7-6-11(17)8-10(12)9-15(16)18;1-2-5-9-7-3-6-8(9)4-1;;;;/h2-7H,9H2,1H3;1-7H;2*1H;;/q2*-1;;;;+2/p-2. The third-order valence-electron chi connectivity index (χ3n) is 5.38. The van der Waals surface area contributed by atoms with Gasteiger partial charge in [0.25, 0.3) is 0 Å². The Labute approximate surface area is 221 Å². The molecule has 5 aromatic rings. The molecule has 1 aromatic heterocycles. The van der Waals surface area contributed by atoms with Crippen LogP contribution in [0.4, 0.5) is 0 Å². The topological polar surface area (TPSA) is 4.93 Å². The van der Waals surface area contributed by atoms with E-state index < -0.39 is 0 Å². The van der Waals surface area contributed by atoms with E-state index in [1.807, 2.05) is 0 Å². The van der Waals surface area contributed by atoms with Crippen molar-refractivity contribution in [3.05, 3.63) is 101 Å². The van der Waals surface area contributed by atoms with Crippen molar-refractivity contribution in [1.29, 1.82) is 0 Å². The summed E-state index contributed by atoms with van der Waals surface area (Å²) in [5.41, 5.74) is 6.75. The van der Waals surface area contributed by atoms with E-state index in [4.69, 9.17) is 0 Å². The average molecular weight is 607 g/mol. The third-order valence-corrected chi connectivity index (χ3v) is 5.84. The number of rotatable bonds is 0. The molecular weight excluding hydrogens is 588 g/mol. The van der Waals surface area contributed by atoms with Gasteiger partial charge in [0.05, 0.1) is 0 Å². The quantitative estimate of drug-likeness (QED) is 0.238. The molecule has 0 saturated carbocycles. The number of para-hydroxylation sites is 1. The zero-order chi connectivity index (χ0) is 20.4. The summed E-state index contributed by atoms with van der Waals surface area (Å²) in [4.78, 5) is 0. The van der Waals surface area contributed by atoms with Crippen LogP contribution in [0.1, 0.15) is 11.3 Å². The second-order valence-corrected chi connectivity index (χ2v) is 7.78. The number of hydrogen-bond donors (Lipinski definition) is 0. The molecule has 31 heavy (non-hydrogen) atoms. The maximum atomic E-state index is 4.17. The number of halogens is 3. The monoisotopic (exact) mass is 603 g/mol. The van der Waals surface area contributed by atoms with Crippen molar-refractivity contribution >= 4 is 46.5 Å². The Balaban J connectivity index is 0.000000224. The van der Waals surface area contributed by atoms with Crippen LogP contribution in [0.3, 0.4) is 0 Å². The second-order valence-electron chi connectivity index (χ2n) is 6.93. The van der Waals surface area contributed by atoms with Gasteiger partial charge < -0.3 is 29.4 Å². The van der Waals surface area contributed by atoms with Crippen molar-refractivity contribution in [3.8, 4) is 11.1 Å². The third kappa shape index (κ3) is 5.15. The summed E-state index contributed by atoms with van der Waals surface area (Å²) in [7, 11) is 6.33. The molecule has 1 nitrogen and oxygen atoms in total. The van der Waals surface area contributed by atoms with E-state index in [1.54, 1.807) is 0 Å². The molecule has 0 amide bonds. The molecule has 0 atom stereocenters. The van der Waals surface area contributed by atoms with Crippen molar-refractivity contribution in [3.63, 3.8) is 0 Å². The smallest absolute Gasteiger partial charge is 0.0809 e. The summed E-state index contributed by atoms with van der Waals surface area (Å²) in [5, 5.41) is 4.01. The van der Waals surface area contributed by atoms with Gasteiger partial charge in [-0.25, -0.2) is 0 Å².